The third-order valence-electron chi connectivity index (χ3n) is 3.24. The second kappa shape index (κ2) is 5.51. The first-order valence-electron chi connectivity index (χ1n) is 6.33. The molecule has 0 spiro atoms. The van der Waals surface area contributed by atoms with Crippen molar-refractivity contribution in [3.63, 3.8) is 0 Å². The van der Waals surface area contributed by atoms with Crippen molar-refractivity contribution in [1.82, 2.24) is 4.98 Å². The van der Waals surface area contributed by atoms with Crippen LogP contribution in [0.5, 0.6) is 0 Å². The van der Waals surface area contributed by atoms with Crippen molar-refractivity contribution in [2.24, 2.45) is 0 Å². The van der Waals surface area contributed by atoms with Crippen molar-refractivity contribution >= 4 is 39.8 Å². The van der Waals surface area contributed by atoms with E-state index in [0.29, 0.717) is 0 Å². The third-order valence-corrected chi connectivity index (χ3v) is 3.53. The van der Waals surface area contributed by atoms with Gasteiger partial charge in [-0.1, -0.05) is 11.6 Å². The monoisotopic (exact) mass is 340 g/mol. The number of anilines is 2. The Morgan fingerprint density at radius 3 is 2.52 bits per heavy atom. The molecule has 0 fully saturated rings. The van der Waals surface area contributed by atoms with Gasteiger partial charge in [0.25, 0.3) is 0 Å². The summed E-state index contributed by atoms with van der Waals surface area (Å²) in [5.74, 6) is -4.27. The Morgan fingerprint density at radius 1 is 1.13 bits per heavy atom. The molecule has 3 N–H and O–H groups in total. The van der Waals surface area contributed by atoms with Crippen LogP contribution in [0.15, 0.2) is 30.3 Å². The number of fused-ring (bicyclic) bond motifs is 1. The molecule has 1 heterocycles. The van der Waals surface area contributed by atoms with Gasteiger partial charge in [-0.3, -0.25) is 0 Å². The normalized spacial score (nSPS) is 11.0. The average Bonchev–Trinajstić information content (AvgIpc) is 2.91. The van der Waals surface area contributed by atoms with E-state index in [-0.39, 0.29) is 33.0 Å². The number of nitrogens with one attached hydrogen (secondary N) is 2. The fourth-order valence-electron chi connectivity index (χ4n) is 2.17. The second-order valence-electron chi connectivity index (χ2n) is 4.75. The zero-order valence-electron chi connectivity index (χ0n) is 11.3. The number of carbonyl (C=O) groups is 1. The number of H-pyrrole nitrogens is 1. The molecule has 0 aliphatic rings. The lowest BCUT2D eigenvalue weighted by Crippen LogP contribution is -1.98. The number of benzene rings is 2. The van der Waals surface area contributed by atoms with Crippen molar-refractivity contribution in [1.29, 1.82) is 0 Å². The molecule has 0 bridgehead atoms. The molecule has 0 aliphatic carbocycles. The van der Waals surface area contributed by atoms with Crippen LogP contribution in [-0.2, 0) is 0 Å². The van der Waals surface area contributed by atoms with Crippen LogP contribution in [0.3, 0.4) is 0 Å². The van der Waals surface area contributed by atoms with E-state index in [2.05, 4.69) is 10.3 Å². The van der Waals surface area contributed by atoms with E-state index in [1.165, 1.54) is 18.2 Å². The molecule has 23 heavy (non-hydrogen) atoms. The van der Waals surface area contributed by atoms with Crippen LogP contribution in [0.4, 0.5) is 24.5 Å². The largest absolute Gasteiger partial charge is 0.477 e. The summed E-state index contributed by atoms with van der Waals surface area (Å²) in [7, 11) is 0. The van der Waals surface area contributed by atoms with Crippen LogP contribution >= 0.6 is 11.6 Å². The highest BCUT2D eigenvalue weighted by molar-refractivity contribution is 6.31. The molecule has 2 aromatic carbocycles. The zero-order chi connectivity index (χ0) is 16.7. The first-order chi connectivity index (χ1) is 10.9. The number of hydrogen-bond donors (Lipinski definition) is 3. The highest BCUT2D eigenvalue weighted by atomic mass is 35.5. The minimum absolute atomic E-state index is 0.108. The maximum Gasteiger partial charge on any atom is 0.352 e. The van der Waals surface area contributed by atoms with Gasteiger partial charge in [0.05, 0.1) is 16.2 Å². The van der Waals surface area contributed by atoms with Crippen LogP contribution in [0, 0.1) is 17.5 Å². The lowest BCUT2D eigenvalue weighted by Gasteiger charge is -2.10. The average molecular weight is 341 g/mol. The Balaban J connectivity index is 2.16. The van der Waals surface area contributed by atoms with Gasteiger partial charge in [-0.05, 0) is 24.3 Å². The van der Waals surface area contributed by atoms with Crippen molar-refractivity contribution in [3.8, 4) is 0 Å². The van der Waals surface area contributed by atoms with Crippen molar-refractivity contribution in [2.75, 3.05) is 5.32 Å². The summed E-state index contributed by atoms with van der Waals surface area (Å²) in [6.07, 6.45) is 0. The minimum Gasteiger partial charge on any atom is -0.477 e. The fourth-order valence-corrected chi connectivity index (χ4v) is 2.36. The number of hydrogen-bond acceptors (Lipinski definition) is 2. The minimum atomic E-state index is -1.27. The summed E-state index contributed by atoms with van der Waals surface area (Å²) < 4.78 is 41.0. The Kier molecular flexibility index (Phi) is 3.65. The predicted octanol–water partition coefficient (Wildman–Crippen LogP) is 4.68. The van der Waals surface area contributed by atoms with Crippen LogP contribution in [0.25, 0.3) is 10.9 Å². The van der Waals surface area contributed by atoms with Gasteiger partial charge >= 0.3 is 5.97 Å². The van der Waals surface area contributed by atoms with E-state index in [1.807, 2.05) is 0 Å². The lowest BCUT2D eigenvalue weighted by molar-refractivity contribution is 0.0691. The van der Waals surface area contributed by atoms with Crippen molar-refractivity contribution in [2.45, 2.75) is 0 Å². The summed E-state index contributed by atoms with van der Waals surface area (Å²) in [6.45, 7) is 0. The highest BCUT2D eigenvalue weighted by Gasteiger charge is 2.18. The molecule has 0 saturated heterocycles. The smallest absolute Gasteiger partial charge is 0.352 e. The molecule has 8 heteroatoms. The van der Waals surface area contributed by atoms with Crippen molar-refractivity contribution < 1.29 is 23.1 Å². The van der Waals surface area contributed by atoms with Gasteiger partial charge in [-0.2, -0.15) is 0 Å². The highest BCUT2D eigenvalue weighted by Crippen LogP contribution is 2.33. The van der Waals surface area contributed by atoms with Crippen LogP contribution in [0.2, 0.25) is 5.02 Å². The molecule has 0 aliphatic heterocycles. The number of aromatic amines is 1. The molecule has 3 rings (SSSR count). The molecule has 118 valence electrons. The lowest BCUT2D eigenvalue weighted by atomic mass is 10.1. The first-order valence-corrected chi connectivity index (χ1v) is 6.70. The summed E-state index contributed by atoms with van der Waals surface area (Å²) in [5, 5.41) is 11.5. The molecule has 0 saturated carbocycles. The topological polar surface area (TPSA) is 65.1 Å². The summed E-state index contributed by atoms with van der Waals surface area (Å²) in [6, 6.07) is 5.60. The van der Waals surface area contributed by atoms with E-state index in [9.17, 15) is 18.0 Å². The van der Waals surface area contributed by atoms with Gasteiger partial charge in [-0.15, -0.1) is 0 Å². The molecular weight excluding hydrogens is 333 g/mol. The first kappa shape index (κ1) is 15.2. The van der Waals surface area contributed by atoms with Gasteiger partial charge in [0.1, 0.15) is 11.5 Å². The number of halogens is 4. The fraction of sp³-hybridized carbons (Fsp3) is 0. The Bertz CT molecular complexity index is 940. The molecule has 4 nitrogen and oxygen atoms in total. The Morgan fingerprint density at radius 2 is 1.87 bits per heavy atom. The SMILES string of the molecule is O=C(O)c1cc2c(Nc3ccc(F)c(Cl)c3)c(F)c(F)cc2[nH]1. The summed E-state index contributed by atoms with van der Waals surface area (Å²) >= 11 is 5.65. The van der Waals surface area contributed by atoms with Crippen molar-refractivity contribution in [3.05, 3.63) is 58.5 Å². The molecule has 3 aromatic rings. The molecule has 0 amide bonds. The number of carboxylic acid groups (broad SMARTS) is 1. The standard InChI is InChI=1S/C15H8ClF3N2O2/c16-8-3-6(1-2-9(8)17)20-14-7-4-12(15(22)23)21-11(7)5-10(18)13(14)19/h1-5,20-21H,(H,22,23). The van der Waals surface area contributed by atoms with E-state index in [0.717, 1.165) is 12.1 Å². The maximum absolute atomic E-state index is 14.1. The van der Waals surface area contributed by atoms with Crippen LogP contribution < -0.4 is 5.32 Å². The van der Waals surface area contributed by atoms with Gasteiger partial charge in [0.2, 0.25) is 0 Å². The van der Waals surface area contributed by atoms with Crippen LogP contribution in [0.1, 0.15) is 10.5 Å². The van der Waals surface area contributed by atoms with E-state index < -0.39 is 23.4 Å². The number of rotatable bonds is 3. The quantitative estimate of drug-likeness (QED) is 0.648. The summed E-state index contributed by atoms with van der Waals surface area (Å²) in [5.41, 5.74) is -0.158. The molecule has 0 atom stereocenters. The van der Waals surface area contributed by atoms with Gasteiger partial charge in [0, 0.05) is 17.1 Å². The predicted molar refractivity (Wildman–Crippen MR) is 79.9 cm³/mol. The third kappa shape index (κ3) is 2.70. The second-order valence-corrected chi connectivity index (χ2v) is 5.16. The Labute approximate surface area is 132 Å². The van der Waals surface area contributed by atoms with E-state index >= 15 is 0 Å². The van der Waals surface area contributed by atoms with Gasteiger partial charge in [0.15, 0.2) is 11.6 Å². The molecule has 0 radical (unpaired) electrons. The van der Waals surface area contributed by atoms with Gasteiger partial charge in [-0.25, -0.2) is 18.0 Å². The number of aromatic carboxylic acids is 1. The van der Waals surface area contributed by atoms with Gasteiger partial charge < -0.3 is 15.4 Å². The molecular formula is C15H8ClF3N2O2. The number of carboxylic acids is 1. The van der Waals surface area contributed by atoms with E-state index in [1.54, 1.807) is 0 Å². The van der Waals surface area contributed by atoms with Crippen LogP contribution in [-0.4, -0.2) is 16.1 Å². The molecule has 0 unspecified atom stereocenters. The maximum atomic E-state index is 14.1. The number of aromatic nitrogens is 1. The zero-order valence-corrected chi connectivity index (χ0v) is 12.0. The summed E-state index contributed by atoms with van der Waals surface area (Å²) in [4.78, 5) is 13.5. The molecule has 1 aromatic heterocycles. The van der Waals surface area contributed by atoms with E-state index in [4.69, 9.17) is 16.7 Å². The Hall–Kier alpha value is -2.67.